The molecule has 0 aliphatic rings. The van der Waals surface area contributed by atoms with Crippen LogP contribution in [0.25, 0.3) is 34.7 Å². The SMILES string of the molecule is Nc1ccc(-c2cccc(C=CC(=O)Nc3ccccc3N)n2)cc1.Nc1ccc(-c2cccc(C=CC(=O)Nc3ccccc3N)n2)cc1. The maximum absolute atomic E-state index is 12.0. The van der Waals surface area contributed by atoms with Crippen molar-refractivity contribution in [1.29, 1.82) is 0 Å². The molecule has 10 N–H and O–H groups in total. The highest BCUT2D eigenvalue weighted by atomic mass is 16.2. The molecule has 2 aromatic heterocycles. The molecule has 0 unspecified atom stereocenters. The second-order valence-corrected chi connectivity index (χ2v) is 11.0. The zero-order valence-electron chi connectivity index (χ0n) is 27.0. The lowest BCUT2D eigenvalue weighted by Gasteiger charge is -2.05. The van der Waals surface area contributed by atoms with E-state index in [4.69, 9.17) is 22.9 Å². The summed E-state index contributed by atoms with van der Waals surface area (Å²) in [5.41, 5.74) is 31.6. The molecule has 4 aromatic carbocycles. The molecule has 0 spiro atoms. The quantitative estimate of drug-likeness (QED) is 0.0734. The fourth-order valence-corrected chi connectivity index (χ4v) is 4.61. The standard InChI is InChI=1S/2C20H18N4O/c2*21-15-10-8-14(9-11-15)18-7-3-4-16(23-18)12-13-20(25)24-19-6-2-1-5-17(19)22/h2*1-13H,21-22H2,(H,24,25). The third-order valence-corrected chi connectivity index (χ3v) is 7.20. The second-order valence-electron chi connectivity index (χ2n) is 11.0. The lowest BCUT2D eigenvalue weighted by molar-refractivity contribution is -0.112. The van der Waals surface area contributed by atoms with Crippen molar-refractivity contribution in [2.24, 2.45) is 0 Å². The zero-order valence-corrected chi connectivity index (χ0v) is 27.0. The van der Waals surface area contributed by atoms with Gasteiger partial charge in [-0.2, -0.15) is 0 Å². The van der Waals surface area contributed by atoms with Crippen LogP contribution in [-0.4, -0.2) is 21.8 Å². The van der Waals surface area contributed by atoms with E-state index in [9.17, 15) is 9.59 Å². The molecule has 0 saturated carbocycles. The molecule has 0 radical (unpaired) electrons. The summed E-state index contributed by atoms with van der Waals surface area (Å²) in [4.78, 5) is 33.1. The molecule has 248 valence electrons. The van der Waals surface area contributed by atoms with Crippen LogP contribution in [0, 0.1) is 0 Å². The summed E-state index contributed by atoms with van der Waals surface area (Å²) in [6.07, 6.45) is 6.19. The van der Waals surface area contributed by atoms with Gasteiger partial charge in [-0.25, -0.2) is 9.97 Å². The third-order valence-electron chi connectivity index (χ3n) is 7.20. The third kappa shape index (κ3) is 9.90. The van der Waals surface area contributed by atoms with E-state index < -0.39 is 0 Å². The number of anilines is 6. The number of carbonyl (C=O) groups is 2. The molecule has 10 nitrogen and oxygen atoms in total. The predicted molar refractivity (Wildman–Crippen MR) is 205 cm³/mol. The number of nitrogens with one attached hydrogen (secondary N) is 2. The van der Waals surface area contributed by atoms with Crippen LogP contribution in [0.3, 0.4) is 0 Å². The molecule has 6 aromatic rings. The minimum atomic E-state index is -0.266. The molecular weight excluding hydrogens is 624 g/mol. The van der Waals surface area contributed by atoms with Crippen molar-refractivity contribution in [3.8, 4) is 22.5 Å². The average Bonchev–Trinajstić information content (AvgIpc) is 3.13. The van der Waals surface area contributed by atoms with E-state index >= 15 is 0 Å². The number of amides is 2. The van der Waals surface area contributed by atoms with Crippen LogP contribution in [0.1, 0.15) is 11.4 Å². The summed E-state index contributed by atoms with van der Waals surface area (Å²) in [6.45, 7) is 0. The largest absolute Gasteiger partial charge is 0.399 e. The fraction of sp³-hybridized carbons (Fsp3) is 0. The van der Waals surface area contributed by atoms with Crippen molar-refractivity contribution in [3.63, 3.8) is 0 Å². The molecule has 0 atom stereocenters. The van der Waals surface area contributed by atoms with Crippen LogP contribution in [0.4, 0.5) is 34.1 Å². The fourth-order valence-electron chi connectivity index (χ4n) is 4.61. The number of hydrogen-bond acceptors (Lipinski definition) is 8. The number of carbonyl (C=O) groups excluding carboxylic acids is 2. The van der Waals surface area contributed by atoms with E-state index in [1.54, 1.807) is 36.4 Å². The normalized spacial score (nSPS) is 10.7. The van der Waals surface area contributed by atoms with Gasteiger partial charge in [-0.1, -0.05) is 60.7 Å². The van der Waals surface area contributed by atoms with Crippen LogP contribution in [-0.2, 0) is 9.59 Å². The number of hydrogen-bond donors (Lipinski definition) is 6. The van der Waals surface area contributed by atoms with Gasteiger partial charge in [0.1, 0.15) is 0 Å². The number of para-hydroxylation sites is 4. The van der Waals surface area contributed by atoms with E-state index in [1.807, 2.05) is 109 Å². The highest BCUT2D eigenvalue weighted by molar-refractivity contribution is 6.04. The summed E-state index contributed by atoms with van der Waals surface area (Å²) in [5, 5.41) is 5.48. The lowest BCUT2D eigenvalue weighted by atomic mass is 10.1. The smallest absolute Gasteiger partial charge is 0.248 e. The van der Waals surface area contributed by atoms with Crippen LogP contribution in [0.15, 0.2) is 146 Å². The number of rotatable bonds is 8. The molecule has 10 heteroatoms. The van der Waals surface area contributed by atoms with Crippen molar-refractivity contribution in [2.45, 2.75) is 0 Å². The van der Waals surface area contributed by atoms with Crippen LogP contribution in [0.2, 0.25) is 0 Å². The Morgan fingerprint density at radius 1 is 0.460 bits per heavy atom. The minimum absolute atomic E-state index is 0.266. The first-order valence-corrected chi connectivity index (χ1v) is 15.6. The van der Waals surface area contributed by atoms with Gasteiger partial charge in [-0.3, -0.25) is 9.59 Å². The van der Waals surface area contributed by atoms with E-state index in [1.165, 1.54) is 12.2 Å². The highest BCUT2D eigenvalue weighted by Crippen LogP contribution is 2.21. The Morgan fingerprint density at radius 2 is 0.840 bits per heavy atom. The van der Waals surface area contributed by atoms with Gasteiger partial charge in [-0.15, -0.1) is 0 Å². The van der Waals surface area contributed by atoms with Gasteiger partial charge in [0.25, 0.3) is 0 Å². The minimum Gasteiger partial charge on any atom is -0.399 e. The van der Waals surface area contributed by atoms with Gasteiger partial charge in [0, 0.05) is 34.7 Å². The average molecular weight is 661 g/mol. The molecule has 0 fully saturated rings. The molecular formula is C40H36N8O2. The van der Waals surface area contributed by atoms with Gasteiger partial charge < -0.3 is 33.6 Å². The van der Waals surface area contributed by atoms with E-state index in [0.717, 1.165) is 22.5 Å². The number of nitrogen functional groups attached to an aromatic ring is 4. The van der Waals surface area contributed by atoms with Gasteiger partial charge in [0.15, 0.2) is 0 Å². The topological polar surface area (TPSA) is 188 Å². The number of aromatic nitrogens is 2. The summed E-state index contributed by atoms with van der Waals surface area (Å²) < 4.78 is 0. The molecule has 0 saturated heterocycles. The molecule has 0 aliphatic carbocycles. The Kier molecular flexibility index (Phi) is 11.3. The Bertz CT molecular complexity index is 1990. The Balaban J connectivity index is 0.000000194. The Labute approximate surface area is 290 Å². The molecule has 0 bridgehead atoms. The predicted octanol–water partition coefficient (Wildman–Crippen LogP) is 7.13. The molecule has 2 heterocycles. The summed E-state index contributed by atoms with van der Waals surface area (Å²) >= 11 is 0. The van der Waals surface area contributed by atoms with Gasteiger partial charge >= 0.3 is 0 Å². The highest BCUT2D eigenvalue weighted by Gasteiger charge is 2.04. The first-order valence-electron chi connectivity index (χ1n) is 15.6. The Hall–Kier alpha value is -7.20. The maximum Gasteiger partial charge on any atom is 0.248 e. The lowest BCUT2D eigenvalue weighted by Crippen LogP contribution is -2.09. The van der Waals surface area contributed by atoms with Crippen LogP contribution >= 0.6 is 0 Å². The molecule has 0 aliphatic heterocycles. The van der Waals surface area contributed by atoms with E-state index in [2.05, 4.69) is 20.6 Å². The Morgan fingerprint density at radius 3 is 1.22 bits per heavy atom. The summed E-state index contributed by atoms with van der Waals surface area (Å²) in [7, 11) is 0. The van der Waals surface area contributed by atoms with Gasteiger partial charge in [0.05, 0.1) is 45.5 Å². The molecule has 50 heavy (non-hydrogen) atoms. The van der Waals surface area contributed by atoms with Crippen molar-refractivity contribution in [2.75, 3.05) is 33.6 Å². The molecule has 6 rings (SSSR count). The van der Waals surface area contributed by atoms with Gasteiger partial charge in [-0.05, 0) is 84.9 Å². The van der Waals surface area contributed by atoms with Crippen molar-refractivity contribution in [1.82, 2.24) is 9.97 Å². The summed E-state index contributed by atoms with van der Waals surface area (Å²) in [6, 6.07) is 40.5. The number of nitrogens with zero attached hydrogens (tertiary/aromatic N) is 2. The van der Waals surface area contributed by atoms with E-state index in [0.29, 0.717) is 45.5 Å². The number of nitrogens with two attached hydrogens (primary N) is 4. The first-order chi connectivity index (χ1) is 24.2. The second kappa shape index (κ2) is 16.6. The van der Waals surface area contributed by atoms with Crippen molar-refractivity contribution in [3.05, 3.63) is 157 Å². The molecule has 2 amide bonds. The monoisotopic (exact) mass is 660 g/mol. The van der Waals surface area contributed by atoms with Crippen molar-refractivity contribution < 1.29 is 9.59 Å². The number of pyridine rings is 2. The zero-order chi connectivity index (χ0) is 35.3. The van der Waals surface area contributed by atoms with E-state index in [-0.39, 0.29) is 11.8 Å². The summed E-state index contributed by atoms with van der Waals surface area (Å²) in [5.74, 6) is -0.532. The maximum atomic E-state index is 12.0. The van der Waals surface area contributed by atoms with Crippen LogP contribution in [0.5, 0.6) is 0 Å². The van der Waals surface area contributed by atoms with Gasteiger partial charge in [0.2, 0.25) is 11.8 Å². The van der Waals surface area contributed by atoms with Crippen LogP contribution < -0.4 is 33.6 Å². The van der Waals surface area contributed by atoms with Crippen molar-refractivity contribution >= 4 is 58.1 Å². The number of benzene rings is 4. The first kappa shape index (κ1) is 34.1.